The van der Waals surface area contributed by atoms with Crippen LogP contribution >= 0.6 is 11.3 Å². The van der Waals surface area contributed by atoms with Gasteiger partial charge in [0.1, 0.15) is 5.82 Å². The number of thiazole rings is 1. The van der Waals surface area contributed by atoms with Crippen LogP contribution in [0.4, 0.5) is 4.39 Å². The molecule has 1 aliphatic rings. The highest BCUT2D eigenvalue weighted by Crippen LogP contribution is 2.21. The smallest absolute Gasteiger partial charge is 0.258 e. The number of fused-ring (bicyclic) bond motifs is 1. The summed E-state index contributed by atoms with van der Waals surface area (Å²) in [6, 6.07) is 7.93. The van der Waals surface area contributed by atoms with E-state index < -0.39 is 0 Å². The maximum Gasteiger partial charge on any atom is 0.258 e. The molecule has 0 radical (unpaired) electrons. The highest BCUT2D eigenvalue weighted by Gasteiger charge is 2.23. The van der Waals surface area contributed by atoms with Crippen LogP contribution in [0.15, 0.2) is 46.7 Å². The number of amides is 1. The molecule has 1 unspecified atom stereocenters. The Balaban J connectivity index is 1.30. The quantitative estimate of drug-likeness (QED) is 0.644. The van der Waals surface area contributed by atoms with E-state index in [1.54, 1.807) is 28.8 Å². The Morgan fingerprint density at radius 2 is 1.93 bits per heavy atom. The third-order valence-corrected chi connectivity index (χ3v) is 6.14. The Kier molecular flexibility index (Phi) is 5.73. The number of hydrogen-bond acceptors (Lipinski definition) is 5. The predicted molar refractivity (Wildman–Crippen MR) is 111 cm³/mol. The number of hydrogen-bond donors (Lipinski definition) is 0. The van der Waals surface area contributed by atoms with Crippen LogP contribution in [0.5, 0.6) is 0 Å². The fraction of sp³-hybridized carbons (Fsp3) is 0.381. The fourth-order valence-electron chi connectivity index (χ4n) is 3.65. The third kappa shape index (κ3) is 4.54. The molecular weight excluding hydrogens is 391 g/mol. The van der Waals surface area contributed by atoms with Gasteiger partial charge in [0.05, 0.1) is 5.69 Å². The van der Waals surface area contributed by atoms with Crippen LogP contribution in [0.2, 0.25) is 0 Å². The van der Waals surface area contributed by atoms with Gasteiger partial charge in [0, 0.05) is 56.8 Å². The van der Waals surface area contributed by atoms with Crippen LogP contribution in [0, 0.1) is 5.82 Å². The van der Waals surface area contributed by atoms with Crippen LogP contribution in [0.1, 0.15) is 30.5 Å². The summed E-state index contributed by atoms with van der Waals surface area (Å²) < 4.78 is 14.6. The highest BCUT2D eigenvalue weighted by atomic mass is 32.1. The standard InChI is InChI=1S/C21H23FN4O2S/c1-15(16-2-4-17(22)5-3-16)12-19(27)25-8-6-24(7-9-25)14-18-13-20(28)26-10-11-29-21(26)23-18/h2-5,10-11,13,15H,6-9,12,14H2,1H3. The molecule has 1 saturated heterocycles. The summed E-state index contributed by atoms with van der Waals surface area (Å²) in [7, 11) is 0. The maximum absolute atomic E-state index is 13.1. The molecule has 8 heteroatoms. The summed E-state index contributed by atoms with van der Waals surface area (Å²) >= 11 is 1.45. The molecule has 0 bridgehead atoms. The zero-order valence-corrected chi connectivity index (χ0v) is 17.1. The average molecular weight is 415 g/mol. The van der Waals surface area contributed by atoms with Crippen molar-refractivity contribution in [3.63, 3.8) is 0 Å². The van der Waals surface area contributed by atoms with Crippen LogP contribution in [-0.4, -0.2) is 51.3 Å². The molecule has 1 aliphatic heterocycles. The second kappa shape index (κ2) is 8.42. The molecule has 1 fully saturated rings. The van der Waals surface area contributed by atoms with Gasteiger partial charge in [-0.2, -0.15) is 0 Å². The first-order valence-electron chi connectivity index (χ1n) is 9.71. The lowest BCUT2D eigenvalue weighted by molar-refractivity contribution is -0.133. The van der Waals surface area contributed by atoms with Gasteiger partial charge >= 0.3 is 0 Å². The van der Waals surface area contributed by atoms with E-state index in [1.165, 1.54) is 23.5 Å². The first-order chi connectivity index (χ1) is 14.0. The zero-order valence-electron chi connectivity index (χ0n) is 16.3. The van der Waals surface area contributed by atoms with Gasteiger partial charge < -0.3 is 4.90 Å². The van der Waals surface area contributed by atoms with E-state index in [9.17, 15) is 14.0 Å². The first kappa shape index (κ1) is 19.7. The van der Waals surface area contributed by atoms with E-state index in [1.807, 2.05) is 17.2 Å². The molecule has 1 amide bonds. The van der Waals surface area contributed by atoms with Gasteiger partial charge in [0.15, 0.2) is 4.96 Å². The van der Waals surface area contributed by atoms with Gasteiger partial charge in [-0.3, -0.25) is 18.9 Å². The topological polar surface area (TPSA) is 57.9 Å². The lowest BCUT2D eigenvalue weighted by Gasteiger charge is -2.35. The van der Waals surface area contributed by atoms with Crippen LogP contribution in [-0.2, 0) is 11.3 Å². The van der Waals surface area contributed by atoms with Crippen LogP contribution in [0.25, 0.3) is 4.96 Å². The number of nitrogens with zero attached hydrogens (tertiary/aromatic N) is 4. The summed E-state index contributed by atoms with van der Waals surface area (Å²) in [5.74, 6) is -0.0903. The molecular formula is C21H23FN4O2S. The minimum atomic E-state index is -0.265. The van der Waals surface area contributed by atoms with Gasteiger partial charge in [-0.05, 0) is 23.6 Å². The predicted octanol–water partition coefficient (Wildman–Crippen LogP) is 2.73. The Morgan fingerprint density at radius 3 is 2.66 bits per heavy atom. The maximum atomic E-state index is 13.1. The number of aromatic nitrogens is 2. The Labute approximate surface area is 172 Å². The summed E-state index contributed by atoms with van der Waals surface area (Å²) in [6.45, 7) is 5.43. The molecule has 0 saturated carbocycles. The molecule has 3 aromatic rings. The number of halogens is 1. The molecule has 1 atom stereocenters. The Morgan fingerprint density at radius 1 is 1.21 bits per heavy atom. The molecule has 0 aliphatic carbocycles. The van der Waals surface area contributed by atoms with Crippen molar-refractivity contribution in [1.29, 1.82) is 0 Å². The SMILES string of the molecule is CC(CC(=O)N1CCN(Cc2cc(=O)n3ccsc3n2)CC1)c1ccc(F)cc1. The van der Waals surface area contributed by atoms with E-state index in [0.717, 1.165) is 24.3 Å². The number of benzene rings is 1. The van der Waals surface area contributed by atoms with E-state index in [4.69, 9.17) is 0 Å². The van der Waals surface area contributed by atoms with Crippen LogP contribution < -0.4 is 5.56 Å². The minimum absolute atomic E-state index is 0.0517. The number of rotatable bonds is 5. The van der Waals surface area contributed by atoms with Crippen molar-refractivity contribution in [3.8, 4) is 0 Å². The van der Waals surface area contributed by atoms with Gasteiger partial charge in [-0.15, -0.1) is 11.3 Å². The van der Waals surface area contributed by atoms with Gasteiger partial charge in [-0.25, -0.2) is 9.37 Å². The van der Waals surface area contributed by atoms with Crippen molar-refractivity contribution in [3.05, 3.63) is 69.3 Å². The molecule has 4 rings (SSSR count). The molecule has 29 heavy (non-hydrogen) atoms. The number of piperazine rings is 1. The van der Waals surface area contributed by atoms with E-state index in [-0.39, 0.29) is 23.2 Å². The van der Waals surface area contributed by atoms with Crippen molar-refractivity contribution in [1.82, 2.24) is 19.2 Å². The summed E-state index contributed by atoms with van der Waals surface area (Å²) in [4.78, 5) is 34.1. The first-order valence-corrected chi connectivity index (χ1v) is 10.6. The van der Waals surface area contributed by atoms with Crippen molar-refractivity contribution in [2.24, 2.45) is 0 Å². The van der Waals surface area contributed by atoms with Gasteiger partial charge in [0.25, 0.3) is 5.56 Å². The number of carbonyl (C=O) groups excluding carboxylic acids is 1. The Bertz CT molecular complexity index is 1050. The lowest BCUT2D eigenvalue weighted by Crippen LogP contribution is -2.48. The largest absolute Gasteiger partial charge is 0.340 e. The summed E-state index contributed by atoms with van der Waals surface area (Å²) in [5.41, 5.74) is 1.68. The zero-order chi connectivity index (χ0) is 20.4. The third-order valence-electron chi connectivity index (χ3n) is 5.39. The van der Waals surface area contributed by atoms with Gasteiger partial charge in [-0.1, -0.05) is 19.1 Å². The molecule has 0 spiro atoms. The van der Waals surface area contributed by atoms with Crippen molar-refractivity contribution in [2.75, 3.05) is 26.2 Å². The summed E-state index contributed by atoms with van der Waals surface area (Å²) in [6.07, 6.45) is 2.15. The van der Waals surface area contributed by atoms with Crippen LogP contribution in [0.3, 0.4) is 0 Å². The monoisotopic (exact) mass is 414 g/mol. The van der Waals surface area contributed by atoms with Crippen molar-refractivity contribution in [2.45, 2.75) is 25.8 Å². The van der Waals surface area contributed by atoms with Crippen molar-refractivity contribution < 1.29 is 9.18 Å². The molecule has 1 aromatic carbocycles. The molecule has 0 N–H and O–H groups in total. The van der Waals surface area contributed by atoms with E-state index in [0.29, 0.717) is 31.0 Å². The number of carbonyl (C=O) groups is 1. The fourth-order valence-corrected chi connectivity index (χ4v) is 4.39. The minimum Gasteiger partial charge on any atom is -0.340 e. The summed E-state index contributed by atoms with van der Waals surface area (Å²) in [5, 5.41) is 1.85. The second-order valence-electron chi connectivity index (χ2n) is 7.45. The van der Waals surface area contributed by atoms with E-state index in [2.05, 4.69) is 9.88 Å². The molecule has 6 nitrogen and oxygen atoms in total. The average Bonchev–Trinajstić information content (AvgIpc) is 3.18. The second-order valence-corrected chi connectivity index (χ2v) is 8.33. The lowest BCUT2D eigenvalue weighted by atomic mass is 9.97. The molecule has 3 heterocycles. The van der Waals surface area contributed by atoms with Gasteiger partial charge in [0.2, 0.25) is 5.91 Å². The van der Waals surface area contributed by atoms with E-state index >= 15 is 0 Å². The highest BCUT2D eigenvalue weighted by molar-refractivity contribution is 7.15. The Hall–Kier alpha value is -2.58. The van der Waals surface area contributed by atoms with Crippen molar-refractivity contribution >= 4 is 22.2 Å². The molecule has 2 aromatic heterocycles. The molecule has 152 valence electrons. The normalized spacial score (nSPS) is 16.3.